The van der Waals surface area contributed by atoms with Crippen LogP contribution in [0.25, 0.3) is 0 Å². The van der Waals surface area contributed by atoms with Gasteiger partial charge in [-0.15, -0.1) is 11.8 Å². The first-order valence-electron chi connectivity index (χ1n) is 7.12. The molecule has 2 unspecified atom stereocenters. The summed E-state index contributed by atoms with van der Waals surface area (Å²) in [5.41, 5.74) is 0.999. The van der Waals surface area contributed by atoms with Crippen molar-refractivity contribution in [3.8, 4) is 0 Å². The summed E-state index contributed by atoms with van der Waals surface area (Å²) in [7, 11) is 2.00. The Morgan fingerprint density at radius 3 is 3.00 bits per heavy atom. The monoisotopic (exact) mass is 283 g/mol. The maximum absolute atomic E-state index is 9.73. The van der Waals surface area contributed by atoms with Gasteiger partial charge in [-0.3, -0.25) is 4.68 Å². The Morgan fingerprint density at radius 2 is 2.42 bits per heavy atom. The standard InChI is InChI=1S/C14H25N3OS/c1-4-15-14(10-18)7-5-6-12(9-14)19-13-8-11(2)16-17(13)3/h8,12,15,18H,4-7,9-10H2,1-3H3. The molecule has 0 radical (unpaired) electrons. The van der Waals surface area contributed by atoms with Crippen LogP contribution in [-0.2, 0) is 7.05 Å². The fourth-order valence-electron chi connectivity index (χ4n) is 3.01. The van der Waals surface area contributed by atoms with Gasteiger partial charge < -0.3 is 10.4 Å². The molecule has 0 aliphatic heterocycles. The summed E-state index contributed by atoms with van der Waals surface area (Å²) in [6.45, 7) is 5.30. The zero-order valence-corrected chi connectivity index (χ0v) is 13.0. The van der Waals surface area contributed by atoms with E-state index in [1.165, 1.54) is 17.9 Å². The summed E-state index contributed by atoms with van der Waals surface area (Å²) in [6.07, 6.45) is 4.52. The first-order valence-corrected chi connectivity index (χ1v) is 8.00. The number of rotatable bonds is 5. The number of aromatic nitrogens is 2. The van der Waals surface area contributed by atoms with Crippen molar-refractivity contribution in [3.63, 3.8) is 0 Å². The maximum Gasteiger partial charge on any atom is 0.0942 e. The van der Waals surface area contributed by atoms with Gasteiger partial charge in [-0.25, -0.2) is 0 Å². The molecule has 2 N–H and O–H groups in total. The van der Waals surface area contributed by atoms with Crippen LogP contribution in [-0.4, -0.2) is 38.8 Å². The lowest BCUT2D eigenvalue weighted by Crippen LogP contribution is -2.52. The van der Waals surface area contributed by atoms with Crippen LogP contribution < -0.4 is 5.32 Å². The Labute approximate surface area is 120 Å². The second-order valence-electron chi connectivity index (χ2n) is 5.55. The number of thioether (sulfide) groups is 1. The van der Waals surface area contributed by atoms with E-state index in [9.17, 15) is 5.11 Å². The predicted octanol–water partition coefficient (Wildman–Crippen LogP) is 2.10. The molecule has 1 aromatic rings. The molecular weight excluding hydrogens is 258 g/mol. The molecule has 1 heterocycles. The molecule has 1 aromatic heterocycles. The van der Waals surface area contributed by atoms with Crippen LogP contribution in [0.5, 0.6) is 0 Å². The van der Waals surface area contributed by atoms with E-state index in [1.54, 1.807) is 0 Å². The summed E-state index contributed by atoms with van der Waals surface area (Å²) in [5.74, 6) is 0. The molecule has 2 atom stereocenters. The first kappa shape index (κ1) is 14.9. The molecule has 1 aliphatic carbocycles. The topological polar surface area (TPSA) is 50.1 Å². The van der Waals surface area contributed by atoms with Crippen LogP contribution in [0.15, 0.2) is 11.1 Å². The Kier molecular flexibility index (Phi) is 4.92. The van der Waals surface area contributed by atoms with E-state index in [-0.39, 0.29) is 12.1 Å². The van der Waals surface area contributed by atoms with Gasteiger partial charge >= 0.3 is 0 Å². The summed E-state index contributed by atoms with van der Waals surface area (Å²) in [5, 5.41) is 19.4. The second kappa shape index (κ2) is 6.29. The SMILES string of the molecule is CCNC1(CO)CCCC(Sc2cc(C)nn2C)C1. The molecular formula is C14H25N3OS. The highest BCUT2D eigenvalue weighted by Crippen LogP contribution is 2.38. The van der Waals surface area contributed by atoms with E-state index in [2.05, 4.69) is 23.4 Å². The molecule has 0 amide bonds. The number of hydrogen-bond acceptors (Lipinski definition) is 4. The number of nitrogens with zero attached hydrogens (tertiary/aromatic N) is 2. The minimum atomic E-state index is -0.0711. The first-order chi connectivity index (χ1) is 9.08. The molecule has 0 saturated heterocycles. The molecule has 1 saturated carbocycles. The van der Waals surface area contributed by atoms with Crippen molar-refractivity contribution < 1.29 is 5.11 Å². The fraction of sp³-hybridized carbons (Fsp3) is 0.786. The van der Waals surface area contributed by atoms with Gasteiger partial charge in [0, 0.05) is 17.8 Å². The number of aliphatic hydroxyl groups is 1. The lowest BCUT2D eigenvalue weighted by Gasteiger charge is -2.40. The smallest absolute Gasteiger partial charge is 0.0942 e. The highest BCUT2D eigenvalue weighted by molar-refractivity contribution is 7.99. The van der Waals surface area contributed by atoms with E-state index < -0.39 is 0 Å². The van der Waals surface area contributed by atoms with Gasteiger partial charge in [-0.1, -0.05) is 13.3 Å². The van der Waals surface area contributed by atoms with Gasteiger partial charge in [0.15, 0.2) is 0 Å². The van der Waals surface area contributed by atoms with E-state index in [0.717, 1.165) is 25.1 Å². The summed E-state index contributed by atoms with van der Waals surface area (Å²) < 4.78 is 1.96. The van der Waals surface area contributed by atoms with Crippen LogP contribution in [0.4, 0.5) is 0 Å². The third-order valence-corrected chi connectivity index (χ3v) is 5.26. The Morgan fingerprint density at radius 1 is 1.63 bits per heavy atom. The molecule has 0 bridgehead atoms. The third-order valence-electron chi connectivity index (χ3n) is 3.90. The molecule has 4 nitrogen and oxygen atoms in total. The van der Waals surface area contributed by atoms with Crippen LogP contribution in [0.2, 0.25) is 0 Å². The highest BCUT2D eigenvalue weighted by Gasteiger charge is 2.35. The third kappa shape index (κ3) is 3.52. The minimum absolute atomic E-state index is 0.0711. The second-order valence-corrected chi connectivity index (χ2v) is 6.87. The number of aryl methyl sites for hydroxylation is 2. The Bertz CT molecular complexity index is 417. The summed E-state index contributed by atoms with van der Waals surface area (Å²) in [4.78, 5) is 0. The van der Waals surface area contributed by atoms with Crippen molar-refractivity contribution in [2.45, 2.75) is 55.3 Å². The Balaban J connectivity index is 2.03. The lowest BCUT2D eigenvalue weighted by molar-refractivity contribution is 0.125. The van der Waals surface area contributed by atoms with Gasteiger partial charge in [0.25, 0.3) is 0 Å². The molecule has 108 valence electrons. The van der Waals surface area contributed by atoms with Crippen LogP contribution in [0.1, 0.15) is 38.3 Å². The minimum Gasteiger partial charge on any atom is -0.394 e. The van der Waals surface area contributed by atoms with E-state index >= 15 is 0 Å². The van der Waals surface area contributed by atoms with Crippen molar-refractivity contribution in [1.82, 2.24) is 15.1 Å². The van der Waals surface area contributed by atoms with Gasteiger partial charge in [0.2, 0.25) is 0 Å². The van der Waals surface area contributed by atoms with Gasteiger partial charge in [0.1, 0.15) is 0 Å². The maximum atomic E-state index is 9.73. The number of likely N-dealkylation sites (N-methyl/N-ethyl adjacent to an activating group) is 1. The van der Waals surface area contributed by atoms with Crippen molar-refractivity contribution >= 4 is 11.8 Å². The van der Waals surface area contributed by atoms with E-state index in [4.69, 9.17) is 0 Å². The zero-order valence-electron chi connectivity index (χ0n) is 12.1. The summed E-state index contributed by atoms with van der Waals surface area (Å²) >= 11 is 1.90. The fourth-order valence-corrected chi connectivity index (χ4v) is 4.47. The number of nitrogens with one attached hydrogen (secondary N) is 1. The van der Waals surface area contributed by atoms with Crippen LogP contribution in [0.3, 0.4) is 0 Å². The van der Waals surface area contributed by atoms with Crippen LogP contribution in [0, 0.1) is 6.92 Å². The van der Waals surface area contributed by atoms with E-state index in [0.29, 0.717) is 5.25 Å². The average molecular weight is 283 g/mol. The highest BCUT2D eigenvalue weighted by atomic mass is 32.2. The quantitative estimate of drug-likeness (QED) is 0.869. The van der Waals surface area contributed by atoms with Crippen molar-refractivity contribution in [2.24, 2.45) is 7.05 Å². The zero-order chi connectivity index (χ0) is 13.9. The number of aliphatic hydroxyl groups excluding tert-OH is 1. The predicted molar refractivity (Wildman–Crippen MR) is 79.6 cm³/mol. The lowest BCUT2D eigenvalue weighted by atomic mass is 9.82. The van der Waals surface area contributed by atoms with Crippen molar-refractivity contribution in [1.29, 1.82) is 0 Å². The molecule has 2 rings (SSSR count). The largest absolute Gasteiger partial charge is 0.394 e. The van der Waals surface area contributed by atoms with Gasteiger partial charge in [0.05, 0.1) is 17.3 Å². The molecule has 1 fully saturated rings. The molecule has 19 heavy (non-hydrogen) atoms. The van der Waals surface area contributed by atoms with Crippen molar-refractivity contribution in [3.05, 3.63) is 11.8 Å². The molecule has 5 heteroatoms. The van der Waals surface area contributed by atoms with Crippen LogP contribution >= 0.6 is 11.8 Å². The van der Waals surface area contributed by atoms with Gasteiger partial charge in [-0.2, -0.15) is 5.10 Å². The van der Waals surface area contributed by atoms with E-state index in [1.807, 2.05) is 30.4 Å². The molecule has 1 aliphatic rings. The summed E-state index contributed by atoms with van der Waals surface area (Å²) in [6, 6.07) is 2.15. The molecule has 0 aromatic carbocycles. The number of hydrogen-bond donors (Lipinski definition) is 2. The normalized spacial score (nSPS) is 27.7. The van der Waals surface area contributed by atoms with Gasteiger partial charge in [-0.05, 0) is 38.8 Å². The Hall–Kier alpha value is -0.520. The molecule has 0 spiro atoms. The average Bonchev–Trinajstić information content (AvgIpc) is 2.68. The van der Waals surface area contributed by atoms with Crippen molar-refractivity contribution in [2.75, 3.05) is 13.2 Å².